The Morgan fingerprint density at radius 1 is 0.269 bits per heavy atom. The summed E-state index contributed by atoms with van der Waals surface area (Å²) in [5, 5.41) is 0. The summed E-state index contributed by atoms with van der Waals surface area (Å²) in [7, 11) is 0. The van der Waals surface area contributed by atoms with Crippen molar-refractivity contribution in [2.75, 3.05) is 13.2 Å². The Balaban J connectivity index is 4.25. The molecule has 0 amide bonds. The van der Waals surface area contributed by atoms with Crippen LogP contribution >= 0.6 is 0 Å². The summed E-state index contributed by atoms with van der Waals surface area (Å²) in [4.78, 5) is 38.3. The van der Waals surface area contributed by atoms with Crippen LogP contribution in [0.3, 0.4) is 0 Å². The zero-order valence-corrected chi connectivity index (χ0v) is 51.7. The molecule has 0 aromatic rings. The molecule has 0 radical (unpaired) electrons. The van der Waals surface area contributed by atoms with E-state index in [1.54, 1.807) is 0 Å². The third-order valence-corrected chi connectivity index (χ3v) is 14.6. The zero-order valence-electron chi connectivity index (χ0n) is 51.7. The van der Waals surface area contributed by atoms with Crippen LogP contribution in [0.15, 0.2) is 85.1 Å². The fourth-order valence-corrected chi connectivity index (χ4v) is 9.58. The van der Waals surface area contributed by atoms with Gasteiger partial charge in [0, 0.05) is 19.3 Å². The maximum Gasteiger partial charge on any atom is 0.306 e. The van der Waals surface area contributed by atoms with E-state index in [9.17, 15) is 14.4 Å². The number of rotatable bonds is 61. The van der Waals surface area contributed by atoms with Gasteiger partial charge in [0.25, 0.3) is 0 Å². The van der Waals surface area contributed by atoms with Crippen LogP contribution in [0.5, 0.6) is 0 Å². The molecule has 0 rings (SSSR count). The Morgan fingerprint density at radius 2 is 0.500 bits per heavy atom. The van der Waals surface area contributed by atoms with Crippen LogP contribution in [0.1, 0.15) is 335 Å². The van der Waals surface area contributed by atoms with Crippen LogP contribution in [0.2, 0.25) is 0 Å². The van der Waals surface area contributed by atoms with Crippen molar-refractivity contribution in [1.29, 1.82) is 0 Å². The standard InChI is InChI=1S/C72H126O6/c1-4-7-10-13-16-19-22-25-28-30-31-32-33-34-35-36-37-38-39-40-41-42-45-47-50-53-56-59-62-65-71(74)77-68-69(67-76-70(73)64-61-58-55-52-49-46-43-27-24-21-18-15-12-9-6-3)78-72(75)66-63-60-57-54-51-48-44-29-26-23-20-17-14-11-8-5-2/h7,10,16,18-19,21,25,27-29,31-32,43-44,69H,4-6,8-9,11-15,17,20,22-24,26,30,33-42,45-68H2,1-3H3/b10-7-,19-16-,21-18-,28-25-,32-31-,43-27-,44-29-. The summed E-state index contributed by atoms with van der Waals surface area (Å²) in [6.45, 7) is 6.52. The summed E-state index contributed by atoms with van der Waals surface area (Å²) in [5.74, 6) is -0.889. The lowest BCUT2D eigenvalue weighted by Gasteiger charge is -2.18. The van der Waals surface area contributed by atoms with Crippen molar-refractivity contribution in [2.45, 2.75) is 341 Å². The summed E-state index contributed by atoms with van der Waals surface area (Å²) in [6.07, 6.45) is 87.4. The fraction of sp³-hybridized carbons (Fsp3) is 0.764. The molecule has 0 aliphatic rings. The van der Waals surface area contributed by atoms with Gasteiger partial charge in [-0.05, 0) is 116 Å². The number of carbonyl (C=O) groups is 3. The predicted molar refractivity (Wildman–Crippen MR) is 339 cm³/mol. The lowest BCUT2D eigenvalue weighted by Crippen LogP contribution is -2.30. The molecule has 0 aromatic heterocycles. The second-order valence-corrected chi connectivity index (χ2v) is 22.3. The first kappa shape index (κ1) is 74.6. The highest BCUT2D eigenvalue weighted by Crippen LogP contribution is 2.17. The zero-order chi connectivity index (χ0) is 56.4. The number of hydrogen-bond donors (Lipinski definition) is 0. The highest BCUT2D eigenvalue weighted by atomic mass is 16.6. The molecule has 0 heterocycles. The molecule has 78 heavy (non-hydrogen) atoms. The van der Waals surface area contributed by atoms with Gasteiger partial charge in [0.15, 0.2) is 6.10 Å². The monoisotopic (exact) mass is 1090 g/mol. The smallest absolute Gasteiger partial charge is 0.306 e. The van der Waals surface area contributed by atoms with E-state index in [0.29, 0.717) is 19.3 Å². The van der Waals surface area contributed by atoms with E-state index in [2.05, 4.69) is 106 Å². The summed E-state index contributed by atoms with van der Waals surface area (Å²) >= 11 is 0. The first-order valence-corrected chi connectivity index (χ1v) is 33.6. The quantitative estimate of drug-likeness (QED) is 0.0261. The third-order valence-electron chi connectivity index (χ3n) is 14.6. The Bertz CT molecular complexity index is 1480. The maximum atomic E-state index is 12.9. The van der Waals surface area contributed by atoms with Crippen molar-refractivity contribution < 1.29 is 28.6 Å². The highest BCUT2D eigenvalue weighted by molar-refractivity contribution is 5.71. The molecule has 1 unspecified atom stereocenters. The minimum Gasteiger partial charge on any atom is -0.462 e. The van der Waals surface area contributed by atoms with Gasteiger partial charge in [0.2, 0.25) is 0 Å². The molecule has 0 N–H and O–H groups in total. The normalized spacial score (nSPS) is 12.6. The molecule has 0 fully saturated rings. The molecule has 6 nitrogen and oxygen atoms in total. The molecule has 450 valence electrons. The molecular weight excluding hydrogens is 961 g/mol. The van der Waals surface area contributed by atoms with E-state index in [0.717, 1.165) is 116 Å². The van der Waals surface area contributed by atoms with Gasteiger partial charge < -0.3 is 14.2 Å². The van der Waals surface area contributed by atoms with Crippen LogP contribution < -0.4 is 0 Å². The molecule has 0 aliphatic carbocycles. The van der Waals surface area contributed by atoms with Crippen molar-refractivity contribution in [2.24, 2.45) is 0 Å². The van der Waals surface area contributed by atoms with Crippen molar-refractivity contribution in [3.8, 4) is 0 Å². The SMILES string of the molecule is CC/C=C\C/C=C\C/C=C\C/C=C\CCCCCCCCCCCCCCCCCCC(=O)OCC(COC(=O)CCCCCCC/C=C\C/C=C\CCCCC)OC(=O)CCCCCCC/C=C\CCCCCCCCC. The van der Waals surface area contributed by atoms with Crippen LogP contribution in [0, 0.1) is 0 Å². The minimum atomic E-state index is -0.786. The number of allylic oxidation sites excluding steroid dienone is 14. The molecule has 0 saturated heterocycles. The number of ether oxygens (including phenoxy) is 3. The topological polar surface area (TPSA) is 78.9 Å². The first-order valence-electron chi connectivity index (χ1n) is 33.6. The minimum absolute atomic E-state index is 0.0816. The fourth-order valence-electron chi connectivity index (χ4n) is 9.58. The van der Waals surface area contributed by atoms with Crippen molar-refractivity contribution in [3.63, 3.8) is 0 Å². The van der Waals surface area contributed by atoms with E-state index in [4.69, 9.17) is 14.2 Å². The van der Waals surface area contributed by atoms with Gasteiger partial charge in [-0.15, -0.1) is 0 Å². The average Bonchev–Trinajstić information content (AvgIpc) is 3.44. The second kappa shape index (κ2) is 66.1. The number of unbranched alkanes of at least 4 members (excludes halogenated alkanes) is 36. The van der Waals surface area contributed by atoms with Gasteiger partial charge >= 0.3 is 17.9 Å². The lowest BCUT2D eigenvalue weighted by atomic mass is 10.0. The maximum absolute atomic E-state index is 12.9. The molecule has 0 aromatic carbocycles. The van der Waals surface area contributed by atoms with Crippen LogP contribution in [-0.4, -0.2) is 37.2 Å². The van der Waals surface area contributed by atoms with E-state index >= 15 is 0 Å². The average molecular weight is 1090 g/mol. The van der Waals surface area contributed by atoms with Gasteiger partial charge in [-0.25, -0.2) is 0 Å². The number of hydrogen-bond acceptors (Lipinski definition) is 6. The first-order chi connectivity index (χ1) is 38.5. The Hall–Kier alpha value is -3.41. The Morgan fingerprint density at radius 3 is 0.821 bits per heavy atom. The van der Waals surface area contributed by atoms with E-state index < -0.39 is 6.10 Å². The third kappa shape index (κ3) is 63.4. The molecule has 0 bridgehead atoms. The Kier molecular flexibility index (Phi) is 63.2. The van der Waals surface area contributed by atoms with Crippen LogP contribution in [0.25, 0.3) is 0 Å². The molecule has 1 atom stereocenters. The Labute approximate surface area is 484 Å². The predicted octanol–water partition coefficient (Wildman–Crippen LogP) is 23.1. The molecule has 0 spiro atoms. The largest absolute Gasteiger partial charge is 0.462 e. The lowest BCUT2D eigenvalue weighted by molar-refractivity contribution is -0.167. The van der Waals surface area contributed by atoms with Crippen LogP contribution in [0.4, 0.5) is 0 Å². The number of carbonyl (C=O) groups excluding carboxylic acids is 3. The van der Waals surface area contributed by atoms with Crippen LogP contribution in [-0.2, 0) is 28.6 Å². The highest BCUT2D eigenvalue weighted by Gasteiger charge is 2.19. The van der Waals surface area contributed by atoms with Gasteiger partial charge in [-0.1, -0.05) is 286 Å². The van der Waals surface area contributed by atoms with Gasteiger partial charge in [0.1, 0.15) is 13.2 Å². The molecule has 0 aliphatic heterocycles. The summed E-state index contributed by atoms with van der Waals surface area (Å²) in [5.41, 5.74) is 0. The number of esters is 3. The molecule has 6 heteroatoms. The van der Waals surface area contributed by atoms with E-state index in [1.807, 2.05) is 0 Å². The van der Waals surface area contributed by atoms with Crippen molar-refractivity contribution in [3.05, 3.63) is 85.1 Å². The second-order valence-electron chi connectivity index (χ2n) is 22.3. The van der Waals surface area contributed by atoms with Gasteiger partial charge in [0.05, 0.1) is 0 Å². The van der Waals surface area contributed by atoms with Gasteiger partial charge in [-0.2, -0.15) is 0 Å². The summed E-state index contributed by atoms with van der Waals surface area (Å²) in [6, 6.07) is 0. The molecule has 0 saturated carbocycles. The van der Waals surface area contributed by atoms with Crippen molar-refractivity contribution >= 4 is 17.9 Å². The summed E-state index contributed by atoms with van der Waals surface area (Å²) < 4.78 is 16.9. The van der Waals surface area contributed by atoms with E-state index in [-0.39, 0.29) is 31.1 Å². The van der Waals surface area contributed by atoms with E-state index in [1.165, 1.54) is 180 Å². The van der Waals surface area contributed by atoms with Crippen molar-refractivity contribution in [1.82, 2.24) is 0 Å². The molecular formula is C72H126O6. The van der Waals surface area contributed by atoms with Gasteiger partial charge in [-0.3, -0.25) is 14.4 Å².